The van der Waals surface area contributed by atoms with Crippen LogP contribution in [-0.2, 0) is 0 Å². The van der Waals surface area contributed by atoms with Crippen LogP contribution in [0.5, 0.6) is 11.7 Å². The Morgan fingerprint density at radius 1 is 0.944 bits per heavy atom. The lowest BCUT2D eigenvalue weighted by atomic mass is 10.3. The molecule has 88 valence electrons. The molecule has 0 saturated carbocycles. The molecule has 18 heavy (non-hydrogen) atoms. The van der Waals surface area contributed by atoms with Gasteiger partial charge >= 0.3 is 0 Å². The Balaban J connectivity index is 1.82. The van der Waals surface area contributed by atoms with Crippen LogP contribution in [0, 0.1) is 0 Å². The van der Waals surface area contributed by atoms with Gasteiger partial charge in [-0.25, -0.2) is 9.97 Å². The van der Waals surface area contributed by atoms with Gasteiger partial charge in [-0.15, -0.1) is 0 Å². The van der Waals surface area contributed by atoms with Crippen molar-refractivity contribution in [3.8, 4) is 23.1 Å². The van der Waals surface area contributed by atoms with E-state index in [0.29, 0.717) is 11.7 Å². The Labute approximate surface area is 104 Å². The normalized spacial score (nSPS) is 10.2. The molecule has 3 rings (SSSR count). The number of para-hydroxylation sites is 1. The van der Waals surface area contributed by atoms with Gasteiger partial charge in [0.2, 0.25) is 0 Å². The number of hydrogen-bond acceptors (Lipinski definition) is 4. The van der Waals surface area contributed by atoms with E-state index >= 15 is 0 Å². The summed E-state index contributed by atoms with van der Waals surface area (Å²) in [7, 11) is 0. The van der Waals surface area contributed by atoms with Gasteiger partial charge in [-0.1, -0.05) is 18.2 Å². The maximum atomic E-state index is 5.57. The molecule has 0 radical (unpaired) electrons. The van der Waals surface area contributed by atoms with Crippen LogP contribution in [0.2, 0.25) is 0 Å². The standard InChI is InChI=1S/C14H10N2O2/c1-2-4-11(5-3-1)17-14-7-6-13(18-14)12-8-9-15-10-16-12/h1-10H. The summed E-state index contributed by atoms with van der Waals surface area (Å²) in [6.45, 7) is 0. The van der Waals surface area contributed by atoms with Crippen LogP contribution >= 0.6 is 0 Å². The van der Waals surface area contributed by atoms with E-state index in [4.69, 9.17) is 9.15 Å². The minimum absolute atomic E-state index is 0.440. The second kappa shape index (κ2) is 4.71. The first-order valence-corrected chi connectivity index (χ1v) is 5.51. The van der Waals surface area contributed by atoms with Crippen LogP contribution in [-0.4, -0.2) is 9.97 Å². The lowest BCUT2D eigenvalue weighted by Crippen LogP contribution is -1.81. The molecule has 0 aliphatic carbocycles. The maximum Gasteiger partial charge on any atom is 0.290 e. The van der Waals surface area contributed by atoms with Crippen molar-refractivity contribution in [3.63, 3.8) is 0 Å². The van der Waals surface area contributed by atoms with Crippen LogP contribution in [0.4, 0.5) is 0 Å². The molecule has 0 spiro atoms. The van der Waals surface area contributed by atoms with Gasteiger partial charge in [-0.3, -0.25) is 0 Å². The molecule has 3 aromatic rings. The molecule has 0 unspecified atom stereocenters. The van der Waals surface area contributed by atoms with Crippen LogP contribution in [0.3, 0.4) is 0 Å². The Morgan fingerprint density at radius 3 is 2.61 bits per heavy atom. The second-order valence-electron chi connectivity index (χ2n) is 3.63. The number of rotatable bonds is 3. The van der Waals surface area contributed by atoms with Gasteiger partial charge in [0.1, 0.15) is 17.8 Å². The van der Waals surface area contributed by atoms with Gasteiger partial charge in [-0.2, -0.15) is 0 Å². The average molecular weight is 238 g/mol. The van der Waals surface area contributed by atoms with Crippen molar-refractivity contribution < 1.29 is 9.15 Å². The van der Waals surface area contributed by atoms with Crippen molar-refractivity contribution in [2.75, 3.05) is 0 Å². The summed E-state index contributed by atoms with van der Waals surface area (Å²) in [5.74, 6) is 1.83. The Bertz CT molecular complexity index is 621. The molecule has 1 aromatic carbocycles. The lowest BCUT2D eigenvalue weighted by Gasteiger charge is -2.00. The molecule has 0 amide bonds. The third-order valence-electron chi connectivity index (χ3n) is 2.38. The van der Waals surface area contributed by atoms with Crippen molar-refractivity contribution in [3.05, 3.63) is 61.1 Å². The van der Waals surface area contributed by atoms with Crippen LogP contribution in [0.15, 0.2) is 65.5 Å². The second-order valence-corrected chi connectivity index (χ2v) is 3.63. The summed E-state index contributed by atoms with van der Waals surface area (Å²) in [6.07, 6.45) is 3.15. The van der Waals surface area contributed by atoms with Crippen molar-refractivity contribution in [2.45, 2.75) is 0 Å². The van der Waals surface area contributed by atoms with E-state index in [1.807, 2.05) is 36.4 Å². The minimum Gasteiger partial charge on any atom is -0.426 e. The zero-order chi connectivity index (χ0) is 12.2. The zero-order valence-corrected chi connectivity index (χ0v) is 9.48. The highest BCUT2D eigenvalue weighted by molar-refractivity contribution is 5.51. The predicted molar refractivity (Wildman–Crippen MR) is 66.3 cm³/mol. The van der Waals surface area contributed by atoms with Gasteiger partial charge in [0.25, 0.3) is 5.95 Å². The number of ether oxygens (including phenoxy) is 1. The highest BCUT2D eigenvalue weighted by Gasteiger charge is 2.06. The van der Waals surface area contributed by atoms with Gasteiger partial charge in [-0.05, 0) is 24.3 Å². The van der Waals surface area contributed by atoms with E-state index in [2.05, 4.69) is 9.97 Å². The quantitative estimate of drug-likeness (QED) is 0.700. The topological polar surface area (TPSA) is 48.2 Å². The number of hydrogen-bond donors (Lipinski definition) is 0. The largest absolute Gasteiger partial charge is 0.426 e. The summed E-state index contributed by atoms with van der Waals surface area (Å²) < 4.78 is 11.1. The third kappa shape index (κ3) is 2.22. The lowest BCUT2D eigenvalue weighted by molar-refractivity contribution is 0.351. The molecule has 0 bridgehead atoms. The van der Waals surface area contributed by atoms with Crippen molar-refractivity contribution in [1.29, 1.82) is 0 Å². The fraction of sp³-hybridized carbons (Fsp3) is 0. The van der Waals surface area contributed by atoms with E-state index in [0.717, 1.165) is 11.4 Å². The molecule has 0 aliphatic heterocycles. The summed E-state index contributed by atoms with van der Waals surface area (Å²) in [4.78, 5) is 7.97. The average Bonchev–Trinajstić information content (AvgIpc) is 2.89. The minimum atomic E-state index is 0.440. The van der Waals surface area contributed by atoms with E-state index < -0.39 is 0 Å². The van der Waals surface area contributed by atoms with Crippen LogP contribution < -0.4 is 4.74 Å². The Hall–Kier alpha value is -2.62. The number of furan rings is 1. The fourth-order valence-corrected chi connectivity index (χ4v) is 1.55. The summed E-state index contributed by atoms with van der Waals surface area (Å²) >= 11 is 0. The molecular formula is C14H10N2O2. The highest BCUT2D eigenvalue weighted by Crippen LogP contribution is 2.27. The molecule has 2 heterocycles. The molecule has 0 atom stereocenters. The molecule has 4 nitrogen and oxygen atoms in total. The maximum absolute atomic E-state index is 5.57. The first kappa shape index (κ1) is 10.5. The van der Waals surface area contributed by atoms with Crippen molar-refractivity contribution >= 4 is 0 Å². The smallest absolute Gasteiger partial charge is 0.290 e. The molecule has 0 N–H and O–H groups in total. The number of aromatic nitrogens is 2. The van der Waals surface area contributed by atoms with Crippen molar-refractivity contribution in [2.24, 2.45) is 0 Å². The Morgan fingerprint density at radius 2 is 1.83 bits per heavy atom. The van der Waals surface area contributed by atoms with E-state index in [1.54, 1.807) is 18.3 Å². The van der Waals surface area contributed by atoms with E-state index in [9.17, 15) is 0 Å². The van der Waals surface area contributed by atoms with Gasteiger partial charge in [0.05, 0.1) is 0 Å². The molecule has 0 aliphatic rings. The first-order chi connectivity index (χ1) is 8.92. The zero-order valence-electron chi connectivity index (χ0n) is 9.48. The summed E-state index contributed by atoms with van der Waals surface area (Å²) in [5.41, 5.74) is 0.730. The van der Waals surface area contributed by atoms with Gasteiger partial charge in [0, 0.05) is 12.3 Å². The van der Waals surface area contributed by atoms with Crippen LogP contribution in [0.1, 0.15) is 0 Å². The van der Waals surface area contributed by atoms with Gasteiger partial charge in [0.15, 0.2) is 5.76 Å². The van der Waals surface area contributed by atoms with E-state index in [-0.39, 0.29) is 0 Å². The molecule has 0 saturated heterocycles. The first-order valence-electron chi connectivity index (χ1n) is 5.51. The van der Waals surface area contributed by atoms with E-state index in [1.165, 1.54) is 6.33 Å². The number of nitrogens with zero attached hydrogens (tertiary/aromatic N) is 2. The van der Waals surface area contributed by atoms with Crippen LogP contribution in [0.25, 0.3) is 11.5 Å². The molecular weight excluding hydrogens is 228 g/mol. The van der Waals surface area contributed by atoms with Crippen molar-refractivity contribution in [1.82, 2.24) is 9.97 Å². The summed E-state index contributed by atoms with van der Waals surface area (Å²) in [6, 6.07) is 14.9. The monoisotopic (exact) mass is 238 g/mol. The molecule has 0 fully saturated rings. The number of benzene rings is 1. The third-order valence-corrected chi connectivity index (χ3v) is 2.38. The molecule has 4 heteroatoms. The predicted octanol–water partition coefficient (Wildman–Crippen LogP) is 3.53. The SMILES string of the molecule is c1ccc(Oc2ccc(-c3ccncn3)o2)cc1. The highest BCUT2D eigenvalue weighted by atomic mass is 16.6. The fourth-order valence-electron chi connectivity index (χ4n) is 1.55. The Kier molecular flexibility index (Phi) is 2.75. The summed E-state index contributed by atoms with van der Waals surface area (Å²) in [5, 5.41) is 0. The van der Waals surface area contributed by atoms with Gasteiger partial charge < -0.3 is 9.15 Å². The molecule has 2 aromatic heterocycles.